The van der Waals surface area contributed by atoms with Gasteiger partial charge in [0.05, 0.1) is 17.6 Å². The third-order valence-electron chi connectivity index (χ3n) is 4.41. The quantitative estimate of drug-likeness (QED) is 0.422. The fourth-order valence-electron chi connectivity index (χ4n) is 2.70. The van der Waals surface area contributed by atoms with Crippen LogP contribution in [0.2, 0.25) is 0 Å². The fourth-order valence-corrected chi connectivity index (χ4v) is 4.02. The summed E-state index contributed by atoms with van der Waals surface area (Å²) >= 11 is 3.24. The number of carbonyl (C=O) groups excluding carboxylic acids is 2. The van der Waals surface area contributed by atoms with E-state index < -0.39 is 28.5 Å². The number of benzene rings is 2. The van der Waals surface area contributed by atoms with Crippen molar-refractivity contribution >= 4 is 49.3 Å². The maximum absolute atomic E-state index is 12.8. The summed E-state index contributed by atoms with van der Waals surface area (Å²) in [5.74, 6) is -0.528. The lowest BCUT2D eigenvalue weighted by Gasteiger charge is -2.12. The summed E-state index contributed by atoms with van der Waals surface area (Å²) in [6.07, 6.45) is 1.51. The third kappa shape index (κ3) is 6.53. The van der Waals surface area contributed by atoms with Gasteiger partial charge in [0.15, 0.2) is 6.61 Å². The lowest BCUT2D eigenvalue weighted by atomic mass is 10.1. The Labute approximate surface area is 199 Å². The largest absolute Gasteiger partial charge is 0.497 e. The van der Waals surface area contributed by atoms with Gasteiger partial charge in [-0.2, -0.15) is 0 Å². The summed E-state index contributed by atoms with van der Waals surface area (Å²) in [6, 6.07) is 13.7. The van der Waals surface area contributed by atoms with Gasteiger partial charge in [-0.15, -0.1) is 0 Å². The predicted molar refractivity (Wildman–Crippen MR) is 126 cm³/mol. The second-order valence-electron chi connectivity index (χ2n) is 6.80. The summed E-state index contributed by atoms with van der Waals surface area (Å²) in [6.45, 7) is 1.08. The second kappa shape index (κ2) is 10.5. The third-order valence-corrected chi connectivity index (χ3v) is 6.26. The van der Waals surface area contributed by atoms with Crippen LogP contribution in [0.5, 0.6) is 5.75 Å². The number of sulfonamides is 1. The van der Waals surface area contributed by atoms with Crippen LogP contribution in [-0.2, 0) is 19.6 Å². The van der Waals surface area contributed by atoms with Crippen molar-refractivity contribution in [3.63, 3.8) is 0 Å². The number of anilines is 2. The Morgan fingerprint density at radius 3 is 2.42 bits per heavy atom. The highest BCUT2D eigenvalue weighted by Crippen LogP contribution is 2.22. The van der Waals surface area contributed by atoms with Gasteiger partial charge < -0.3 is 14.8 Å². The first-order chi connectivity index (χ1) is 15.7. The summed E-state index contributed by atoms with van der Waals surface area (Å²) < 4.78 is 38.8. The molecule has 0 aliphatic rings. The molecule has 0 saturated heterocycles. The SMILES string of the molecule is COc1ccc(NS(=O)(=O)c2ccc(C)c(C(=O)OCC(=O)Nc3ccc(Br)cn3)c2)cc1. The molecule has 1 amide bonds. The topological polar surface area (TPSA) is 124 Å². The molecule has 3 rings (SSSR count). The van der Waals surface area contributed by atoms with Crippen molar-refractivity contribution in [2.24, 2.45) is 0 Å². The van der Waals surface area contributed by atoms with E-state index in [4.69, 9.17) is 9.47 Å². The average molecular weight is 534 g/mol. The van der Waals surface area contributed by atoms with Crippen LogP contribution in [0.1, 0.15) is 15.9 Å². The number of hydrogen-bond donors (Lipinski definition) is 2. The Kier molecular flexibility index (Phi) is 7.67. The zero-order valence-corrected chi connectivity index (χ0v) is 20.1. The van der Waals surface area contributed by atoms with Gasteiger partial charge in [-0.1, -0.05) is 6.07 Å². The summed E-state index contributed by atoms with van der Waals surface area (Å²) in [7, 11) is -2.46. The zero-order valence-electron chi connectivity index (χ0n) is 17.7. The van der Waals surface area contributed by atoms with Gasteiger partial charge in [-0.05, 0) is 76.9 Å². The highest BCUT2D eigenvalue weighted by molar-refractivity contribution is 9.10. The first kappa shape index (κ1) is 24.2. The second-order valence-corrected chi connectivity index (χ2v) is 9.39. The highest BCUT2D eigenvalue weighted by Gasteiger charge is 2.20. The van der Waals surface area contributed by atoms with Crippen molar-refractivity contribution in [3.8, 4) is 5.75 Å². The van der Waals surface area contributed by atoms with Crippen LogP contribution in [0, 0.1) is 6.92 Å². The van der Waals surface area contributed by atoms with Gasteiger partial charge in [0.1, 0.15) is 11.6 Å². The Hall–Kier alpha value is -3.44. The molecule has 33 heavy (non-hydrogen) atoms. The van der Waals surface area contributed by atoms with Gasteiger partial charge in [0.2, 0.25) is 0 Å². The van der Waals surface area contributed by atoms with Gasteiger partial charge in [0, 0.05) is 16.4 Å². The molecular weight excluding hydrogens is 514 g/mol. The molecule has 0 atom stereocenters. The van der Waals surface area contributed by atoms with Crippen molar-refractivity contribution in [1.29, 1.82) is 0 Å². The minimum Gasteiger partial charge on any atom is -0.497 e. The molecule has 0 spiro atoms. The van der Waals surface area contributed by atoms with E-state index in [0.29, 0.717) is 22.8 Å². The van der Waals surface area contributed by atoms with E-state index in [1.807, 2.05) is 0 Å². The summed E-state index contributed by atoms with van der Waals surface area (Å²) in [4.78, 5) is 28.4. The molecule has 11 heteroatoms. The summed E-state index contributed by atoms with van der Waals surface area (Å²) in [5.41, 5.74) is 0.860. The van der Waals surface area contributed by atoms with Crippen LogP contribution >= 0.6 is 15.9 Å². The van der Waals surface area contributed by atoms with Gasteiger partial charge in [-0.3, -0.25) is 9.52 Å². The minimum absolute atomic E-state index is 0.0298. The molecule has 1 heterocycles. The van der Waals surface area contributed by atoms with E-state index in [-0.39, 0.29) is 10.5 Å². The molecule has 3 aromatic rings. The lowest BCUT2D eigenvalue weighted by Crippen LogP contribution is -2.22. The normalized spacial score (nSPS) is 10.9. The van der Waals surface area contributed by atoms with Crippen LogP contribution in [0.4, 0.5) is 11.5 Å². The Balaban J connectivity index is 1.68. The Morgan fingerprint density at radius 2 is 1.79 bits per heavy atom. The fraction of sp³-hybridized carbons (Fsp3) is 0.136. The van der Waals surface area contributed by atoms with Crippen LogP contribution in [0.15, 0.2) is 70.2 Å². The number of carbonyl (C=O) groups is 2. The lowest BCUT2D eigenvalue weighted by molar-refractivity contribution is -0.119. The van der Waals surface area contributed by atoms with Crippen molar-refractivity contribution < 1.29 is 27.5 Å². The summed E-state index contributed by atoms with van der Waals surface area (Å²) in [5, 5.41) is 2.50. The number of esters is 1. The standard InChI is InChI=1S/C22H20BrN3O6S/c1-14-3-9-18(33(29,30)26-16-5-7-17(31-2)8-6-16)11-19(14)22(28)32-13-21(27)25-20-10-4-15(23)12-24-20/h3-12,26H,13H2,1-2H3,(H,24,25,27). The molecule has 0 aliphatic carbocycles. The first-order valence-corrected chi connectivity index (χ1v) is 11.8. The van der Waals surface area contributed by atoms with Gasteiger partial charge >= 0.3 is 5.97 Å². The van der Waals surface area contributed by atoms with Crippen LogP contribution < -0.4 is 14.8 Å². The van der Waals surface area contributed by atoms with Crippen LogP contribution in [0.3, 0.4) is 0 Å². The number of methoxy groups -OCH3 is 1. The van der Waals surface area contributed by atoms with Crippen molar-refractivity contribution in [1.82, 2.24) is 4.98 Å². The molecule has 0 unspecified atom stereocenters. The molecule has 0 bridgehead atoms. The van der Waals surface area contributed by atoms with E-state index >= 15 is 0 Å². The Morgan fingerprint density at radius 1 is 1.06 bits per heavy atom. The number of halogens is 1. The number of aromatic nitrogens is 1. The van der Waals surface area contributed by atoms with Crippen LogP contribution in [0.25, 0.3) is 0 Å². The predicted octanol–water partition coefficient (Wildman–Crippen LogP) is 3.76. The van der Waals surface area contributed by atoms with E-state index in [0.717, 1.165) is 4.47 Å². The molecule has 0 saturated carbocycles. The van der Waals surface area contributed by atoms with E-state index in [1.54, 1.807) is 43.3 Å². The number of pyridine rings is 1. The molecule has 0 aliphatic heterocycles. The number of amides is 1. The number of nitrogens with zero attached hydrogens (tertiary/aromatic N) is 1. The molecule has 2 aromatic carbocycles. The van der Waals surface area contributed by atoms with Crippen molar-refractivity contribution in [3.05, 3.63) is 76.4 Å². The molecule has 172 valence electrons. The van der Waals surface area contributed by atoms with E-state index in [2.05, 4.69) is 31.0 Å². The molecule has 2 N–H and O–H groups in total. The maximum Gasteiger partial charge on any atom is 0.338 e. The van der Waals surface area contributed by atoms with E-state index in [9.17, 15) is 18.0 Å². The van der Waals surface area contributed by atoms with Gasteiger partial charge in [0.25, 0.3) is 15.9 Å². The number of ether oxygens (including phenoxy) is 2. The van der Waals surface area contributed by atoms with Crippen LogP contribution in [-0.4, -0.2) is 39.0 Å². The maximum atomic E-state index is 12.8. The zero-order chi connectivity index (χ0) is 24.0. The Bertz CT molecular complexity index is 1260. The van der Waals surface area contributed by atoms with Crippen molar-refractivity contribution in [2.45, 2.75) is 11.8 Å². The molecule has 1 aromatic heterocycles. The average Bonchev–Trinajstić information content (AvgIpc) is 2.79. The van der Waals surface area contributed by atoms with E-state index in [1.165, 1.54) is 31.5 Å². The molecule has 0 fully saturated rings. The minimum atomic E-state index is -3.97. The monoisotopic (exact) mass is 533 g/mol. The van der Waals surface area contributed by atoms with Crippen molar-refractivity contribution in [2.75, 3.05) is 23.8 Å². The number of rotatable bonds is 8. The number of aryl methyl sites for hydroxylation is 1. The molecular formula is C22H20BrN3O6S. The molecule has 0 radical (unpaired) electrons. The first-order valence-electron chi connectivity index (χ1n) is 9.54. The highest BCUT2D eigenvalue weighted by atomic mass is 79.9. The smallest absolute Gasteiger partial charge is 0.338 e. The number of hydrogen-bond acceptors (Lipinski definition) is 7. The number of nitrogens with one attached hydrogen (secondary N) is 2. The molecule has 9 nitrogen and oxygen atoms in total. The van der Waals surface area contributed by atoms with Gasteiger partial charge in [-0.25, -0.2) is 18.2 Å².